The van der Waals surface area contributed by atoms with Crippen LogP contribution in [0.2, 0.25) is 0 Å². The maximum absolute atomic E-state index is 12.5. The van der Waals surface area contributed by atoms with Crippen molar-refractivity contribution >= 4 is 0 Å². The molecule has 0 atom stereocenters. The number of hydrogen-bond donors (Lipinski definition) is 0. The Morgan fingerprint density at radius 2 is 1.18 bits per heavy atom. The maximum Gasteiger partial charge on any atom is 0.266 e. The average molecular weight is 467 g/mol. The Morgan fingerprint density at radius 1 is 0.667 bits per heavy atom. The van der Waals surface area contributed by atoms with Crippen molar-refractivity contribution in [3.8, 4) is 0 Å². The van der Waals surface area contributed by atoms with Gasteiger partial charge in [-0.3, -0.25) is 0 Å². The second-order valence-electron chi connectivity index (χ2n) is 11.9. The first-order valence-electron chi connectivity index (χ1n) is 14.4. The van der Waals surface area contributed by atoms with Gasteiger partial charge in [0.25, 0.3) is 6.08 Å². The minimum atomic E-state index is -1.49. The lowest BCUT2D eigenvalue weighted by molar-refractivity contribution is -0.237. The number of ether oxygens (including phenoxy) is 2. The van der Waals surface area contributed by atoms with Crippen LogP contribution in [0.5, 0.6) is 0 Å². The first-order chi connectivity index (χ1) is 16.1. The zero-order valence-electron chi connectivity index (χ0n) is 21.0. The van der Waals surface area contributed by atoms with Gasteiger partial charge >= 0.3 is 0 Å². The lowest BCUT2D eigenvalue weighted by Crippen LogP contribution is -2.41. The van der Waals surface area contributed by atoms with E-state index in [0.717, 1.165) is 62.6 Å². The summed E-state index contributed by atoms with van der Waals surface area (Å²) in [6.07, 6.45) is 20.0. The van der Waals surface area contributed by atoms with Crippen LogP contribution >= 0.6 is 0 Å². The summed E-state index contributed by atoms with van der Waals surface area (Å²) < 4.78 is 37.7. The summed E-state index contributed by atoms with van der Waals surface area (Å²) in [4.78, 5) is 0. The SMILES string of the molecule is CCCCCC1CCC(C2OCC(C3CCC(C4CCC(C=C(F)F)CC4)CC3)CO2)CC1. The summed E-state index contributed by atoms with van der Waals surface area (Å²) in [5.74, 6) is 4.56. The monoisotopic (exact) mass is 466 g/mol. The third-order valence-corrected chi connectivity index (χ3v) is 9.77. The molecule has 4 fully saturated rings. The molecular weight excluding hydrogens is 418 g/mol. The summed E-state index contributed by atoms with van der Waals surface area (Å²) in [6, 6.07) is 0. The fourth-order valence-electron chi connectivity index (χ4n) is 7.56. The molecule has 33 heavy (non-hydrogen) atoms. The molecular formula is C29H48F2O2. The molecule has 190 valence electrons. The standard InChI is InChI=1S/C29H48F2O2/c1-2-3-4-5-21-6-12-26(13-7-21)29-32-19-27(20-33-29)25-16-14-24(15-17-25)23-10-8-22(9-11-23)18-28(30)31/h18,21-27,29H,2-17,19-20H2,1H3. The molecule has 0 amide bonds. The molecule has 0 N–H and O–H groups in total. The highest BCUT2D eigenvalue weighted by atomic mass is 19.3. The fourth-order valence-corrected chi connectivity index (χ4v) is 7.56. The van der Waals surface area contributed by atoms with Crippen molar-refractivity contribution in [3.63, 3.8) is 0 Å². The van der Waals surface area contributed by atoms with Gasteiger partial charge in [0.15, 0.2) is 6.29 Å². The molecule has 0 aromatic heterocycles. The molecule has 1 saturated heterocycles. The van der Waals surface area contributed by atoms with Crippen LogP contribution in [-0.4, -0.2) is 19.5 Å². The Hall–Kier alpha value is -0.480. The molecule has 0 radical (unpaired) electrons. The van der Waals surface area contributed by atoms with Crippen LogP contribution in [0, 0.1) is 41.4 Å². The number of hydrogen-bond acceptors (Lipinski definition) is 2. The molecule has 0 bridgehead atoms. The van der Waals surface area contributed by atoms with Crippen molar-refractivity contribution in [3.05, 3.63) is 12.2 Å². The van der Waals surface area contributed by atoms with Crippen LogP contribution in [0.1, 0.15) is 110 Å². The van der Waals surface area contributed by atoms with Crippen LogP contribution in [0.3, 0.4) is 0 Å². The Balaban J connectivity index is 1.11. The number of halogens is 2. The van der Waals surface area contributed by atoms with E-state index >= 15 is 0 Å². The van der Waals surface area contributed by atoms with Gasteiger partial charge in [0.1, 0.15) is 0 Å². The molecule has 2 nitrogen and oxygen atoms in total. The van der Waals surface area contributed by atoms with Crippen LogP contribution in [0.15, 0.2) is 12.2 Å². The third kappa shape index (κ3) is 7.50. The maximum atomic E-state index is 12.5. The molecule has 4 aliphatic rings. The van der Waals surface area contributed by atoms with Crippen molar-refractivity contribution in [2.75, 3.05) is 13.2 Å². The second-order valence-corrected chi connectivity index (χ2v) is 11.9. The van der Waals surface area contributed by atoms with E-state index in [-0.39, 0.29) is 12.2 Å². The Morgan fingerprint density at radius 3 is 1.73 bits per heavy atom. The zero-order valence-corrected chi connectivity index (χ0v) is 21.0. The third-order valence-electron chi connectivity index (χ3n) is 9.77. The molecule has 3 saturated carbocycles. The van der Waals surface area contributed by atoms with Crippen LogP contribution in [0.4, 0.5) is 8.78 Å². The lowest BCUT2D eigenvalue weighted by Gasteiger charge is -2.42. The van der Waals surface area contributed by atoms with E-state index in [9.17, 15) is 8.78 Å². The zero-order chi connectivity index (χ0) is 23.0. The predicted octanol–water partition coefficient (Wildman–Crippen LogP) is 8.76. The van der Waals surface area contributed by atoms with Gasteiger partial charge in [0.2, 0.25) is 0 Å². The van der Waals surface area contributed by atoms with Crippen LogP contribution in [-0.2, 0) is 9.47 Å². The fraction of sp³-hybridized carbons (Fsp3) is 0.931. The van der Waals surface area contributed by atoms with Gasteiger partial charge in [-0.25, -0.2) is 0 Å². The molecule has 0 unspecified atom stereocenters. The Labute approximate surface area is 201 Å². The van der Waals surface area contributed by atoms with Gasteiger partial charge < -0.3 is 9.47 Å². The second kappa shape index (κ2) is 13.0. The molecule has 0 aromatic carbocycles. The highest BCUT2D eigenvalue weighted by molar-refractivity contribution is 4.92. The minimum Gasteiger partial charge on any atom is -0.352 e. The van der Waals surface area contributed by atoms with Gasteiger partial charge in [0.05, 0.1) is 13.2 Å². The van der Waals surface area contributed by atoms with Crippen LogP contribution in [0.25, 0.3) is 0 Å². The van der Waals surface area contributed by atoms with Gasteiger partial charge in [-0.05, 0) is 113 Å². The molecule has 0 spiro atoms. The normalized spacial score (nSPS) is 40.3. The van der Waals surface area contributed by atoms with E-state index in [4.69, 9.17) is 9.47 Å². The van der Waals surface area contributed by atoms with E-state index in [1.807, 2.05) is 0 Å². The van der Waals surface area contributed by atoms with E-state index in [2.05, 4.69) is 6.92 Å². The first-order valence-corrected chi connectivity index (χ1v) is 14.4. The molecule has 4 heteroatoms. The molecule has 3 aliphatic carbocycles. The van der Waals surface area contributed by atoms with Crippen molar-refractivity contribution in [1.29, 1.82) is 0 Å². The number of rotatable bonds is 8. The van der Waals surface area contributed by atoms with E-state index in [1.54, 1.807) is 0 Å². The molecule has 4 rings (SSSR count). The molecule has 0 aromatic rings. The smallest absolute Gasteiger partial charge is 0.266 e. The molecule has 1 heterocycles. The Kier molecular flexibility index (Phi) is 10.1. The molecule has 1 aliphatic heterocycles. The topological polar surface area (TPSA) is 18.5 Å². The van der Waals surface area contributed by atoms with Gasteiger partial charge in [-0.15, -0.1) is 0 Å². The van der Waals surface area contributed by atoms with Gasteiger partial charge in [-0.2, -0.15) is 8.78 Å². The van der Waals surface area contributed by atoms with E-state index in [1.165, 1.54) is 83.1 Å². The highest BCUT2D eigenvalue weighted by Gasteiger charge is 2.37. The summed E-state index contributed by atoms with van der Waals surface area (Å²) >= 11 is 0. The van der Waals surface area contributed by atoms with Gasteiger partial charge in [-0.1, -0.05) is 32.6 Å². The van der Waals surface area contributed by atoms with E-state index in [0.29, 0.717) is 11.8 Å². The Bertz CT molecular complexity index is 572. The number of allylic oxidation sites excluding steroid dienone is 1. The quantitative estimate of drug-likeness (QED) is 0.333. The largest absolute Gasteiger partial charge is 0.352 e. The average Bonchev–Trinajstić information content (AvgIpc) is 2.85. The minimum absolute atomic E-state index is 0.0487. The van der Waals surface area contributed by atoms with Crippen molar-refractivity contribution in [1.82, 2.24) is 0 Å². The van der Waals surface area contributed by atoms with Crippen molar-refractivity contribution in [2.24, 2.45) is 41.4 Å². The summed E-state index contributed by atoms with van der Waals surface area (Å²) in [7, 11) is 0. The van der Waals surface area contributed by atoms with Crippen molar-refractivity contribution in [2.45, 2.75) is 116 Å². The first kappa shape index (κ1) is 25.6. The van der Waals surface area contributed by atoms with Gasteiger partial charge in [0, 0.05) is 11.8 Å². The highest BCUT2D eigenvalue weighted by Crippen LogP contribution is 2.44. The predicted molar refractivity (Wildman–Crippen MR) is 130 cm³/mol. The summed E-state index contributed by atoms with van der Waals surface area (Å²) in [5.41, 5.74) is 0. The summed E-state index contributed by atoms with van der Waals surface area (Å²) in [6.45, 7) is 4.07. The lowest BCUT2D eigenvalue weighted by atomic mass is 9.67. The van der Waals surface area contributed by atoms with E-state index < -0.39 is 6.08 Å². The van der Waals surface area contributed by atoms with Crippen molar-refractivity contribution < 1.29 is 18.3 Å². The summed E-state index contributed by atoms with van der Waals surface area (Å²) in [5, 5.41) is 0. The van der Waals surface area contributed by atoms with Crippen LogP contribution < -0.4 is 0 Å². The number of unbranched alkanes of at least 4 members (excludes halogenated alkanes) is 2.